The lowest BCUT2D eigenvalue weighted by atomic mass is 10.3. The first-order valence-electron chi connectivity index (χ1n) is 4.10. The average molecular weight is 213 g/mol. The minimum atomic E-state index is -2.92. The Balaban J connectivity index is 2.85. The number of amides is 1. The number of hydrogen-bond acceptors (Lipinski definition) is 2. The van der Waals surface area contributed by atoms with Crippen molar-refractivity contribution in [3.63, 3.8) is 0 Å². The van der Waals surface area contributed by atoms with E-state index in [1.165, 1.54) is 18.2 Å². The van der Waals surface area contributed by atoms with Gasteiger partial charge < -0.3 is 10.1 Å². The summed E-state index contributed by atoms with van der Waals surface area (Å²) in [6, 6.07) is 5.92. The number of para-hydroxylation sites is 2. The van der Waals surface area contributed by atoms with Gasteiger partial charge in [-0.2, -0.15) is 8.78 Å². The maximum Gasteiger partial charge on any atom is 0.387 e. The quantitative estimate of drug-likeness (QED) is 0.780. The molecule has 0 fully saturated rings. The number of carbonyl (C=O) groups excluding carboxylic acids is 1. The number of rotatable bonds is 4. The van der Waals surface area contributed by atoms with Crippen LogP contribution in [0.1, 0.15) is 0 Å². The highest BCUT2D eigenvalue weighted by Crippen LogP contribution is 2.25. The summed E-state index contributed by atoms with van der Waals surface area (Å²) in [6.07, 6.45) is 1.04. The van der Waals surface area contributed by atoms with E-state index in [1.54, 1.807) is 6.07 Å². The molecule has 80 valence electrons. The number of anilines is 1. The van der Waals surface area contributed by atoms with Gasteiger partial charge in [0.15, 0.2) is 0 Å². The molecular formula is C10H9F2NO2. The van der Waals surface area contributed by atoms with Gasteiger partial charge in [0, 0.05) is 0 Å². The van der Waals surface area contributed by atoms with Gasteiger partial charge in [0.2, 0.25) is 5.91 Å². The molecule has 0 radical (unpaired) electrons. The van der Waals surface area contributed by atoms with Crippen LogP contribution in [0.2, 0.25) is 0 Å². The number of ether oxygens (including phenoxy) is 1. The Kier molecular flexibility index (Phi) is 3.79. The van der Waals surface area contributed by atoms with E-state index in [0.29, 0.717) is 0 Å². The highest BCUT2D eigenvalue weighted by atomic mass is 19.3. The fraction of sp³-hybridized carbons (Fsp3) is 0.100. The molecule has 3 nitrogen and oxygen atoms in total. The molecule has 0 aliphatic heterocycles. The molecule has 0 aromatic heterocycles. The van der Waals surface area contributed by atoms with Crippen LogP contribution in [0.15, 0.2) is 36.9 Å². The molecule has 1 aromatic carbocycles. The molecule has 0 saturated heterocycles. The van der Waals surface area contributed by atoms with E-state index in [4.69, 9.17) is 0 Å². The summed E-state index contributed by atoms with van der Waals surface area (Å²) >= 11 is 0. The lowest BCUT2D eigenvalue weighted by Gasteiger charge is -2.10. The summed E-state index contributed by atoms with van der Waals surface area (Å²) in [6.45, 7) is 0.322. The minimum absolute atomic E-state index is 0.0808. The Bertz CT molecular complexity index is 366. The fourth-order valence-electron chi connectivity index (χ4n) is 0.952. The summed E-state index contributed by atoms with van der Waals surface area (Å²) in [5, 5.41) is 2.35. The number of hydrogen-bond donors (Lipinski definition) is 1. The highest BCUT2D eigenvalue weighted by molar-refractivity contribution is 5.99. The molecule has 1 amide bonds. The van der Waals surface area contributed by atoms with Gasteiger partial charge in [-0.05, 0) is 18.2 Å². The predicted octanol–water partition coefficient (Wildman–Crippen LogP) is 2.41. The standard InChI is InChI=1S/C10H9F2NO2/c1-2-9(14)13-7-5-3-4-6-8(7)15-10(11)12/h2-6,10H,1H2,(H,13,14). The normalized spacial score (nSPS) is 9.80. The lowest BCUT2D eigenvalue weighted by molar-refractivity contribution is -0.112. The van der Waals surface area contributed by atoms with Gasteiger partial charge in [-0.3, -0.25) is 4.79 Å². The van der Waals surface area contributed by atoms with Gasteiger partial charge in [-0.25, -0.2) is 0 Å². The second-order valence-corrected chi connectivity index (χ2v) is 2.57. The third-order valence-electron chi connectivity index (χ3n) is 1.55. The Morgan fingerprint density at radius 1 is 1.47 bits per heavy atom. The largest absolute Gasteiger partial charge is 0.433 e. The van der Waals surface area contributed by atoms with E-state index in [2.05, 4.69) is 16.6 Å². The average Bonchev–Trinajstić information content (AvgIpc) is 2.20. The Labute approximate surface area is 85.4 Å². The third-order valence-corrected chi connectivity index (χ3v) is 1.55. The maximum atomic E-state index is 12.0. The highest BCUT2D eigenvalue weighted by Gasteiger charge is 2.09. The van der Waals surface area contributed by atoms with Crippen LogP contribution in [-0.2, 0) is 4.79 Å². The molecular weight excluding hydrogens is 204 g/mol. The van der Waals surface area contributed by atoms with Gasteiger partial charge >= 0.3 is 6.61 Å². The summed E-state index contributed by atoms with van der Waals surface area (Å²) in [7, 11) is 0. The maximum absolute atomic E-state index is 12.0. The molecule has 0 saturated carbocycles. The first-order valence-corrected chi connectivity index (χ1v) is 4.10. The summed E-state index contributed by atoms with van der Waals surface area (Å²) < 4.78 is 28.1. The van der Waals surface area contributed by atoms with Gasteiger partial charge in [0.05, 0.1) is 5.69 Å². The Morgan fingerprint density at radius 2 is 2.13 bits per heavy atom. The Morgan fingerprint density at radius 3 is 2.73 bits per heavy atom. The van der Waals surface area contributed by atoms with Crippen molar-refractivity contribution in [3.8, 4) is 5.75 Å². The zero-order valence-corrected chi connectivity index (χ0v) is 7.74. The second kappa shape index (κ2) is 5.09. The predicted molar refractivity (Wildman–Crippen MR) is 51.9 cm³/mol. The summed E-state index contributed by atoms with van der Waals surface area (Å²) in [5.41, 5.74) is 0.183. The van der Waals surface area contributed by atoms with Gasteiger partial charge in [0.1, 0.15) is 5.75 Å². The summed E-state index contributed by atoms with van der Waals surface area (Å²) in [5.74, 6) is -0.567. The van der Waals surface area contributed by atoms with Crippen molar-refractivity contribution in [1.82, 2.24) is 0 Å². The number of benzene rings is 1. The zero-order chi connectivity index (χ0) is 11.3. The molecule has 15 heavy (non-hydrogen) atoms. The number of carbonyl (C=O) groups is 1. The van der Waals surface area contributed by atoms with E-state index >= 15 is 0 Å². The van der Waals surface area contributed by atoms with Crippen LogP contribution in [0.4, 0.5) is 14.5 Å². The van der Waals surface area contributed by atoms with Crippen LogP contribution in [0.5, 0.6) is 5.75 Å². The molecule has 1 rings (SSSR count). The van der Waals surface area contributed by atoms with Crippen molar-refractivity contribution in [1.29, 1.82) is 0 Å². The minimum Gasteiger partial charge on any atom is -0.433 e. The first kappa shape index (κ1) is 11.2. The van der Waals surface area contributed by atoms with Crippen molar-refractivity contribution >= 4 is 11.6 Å². The molecule has 0 heterocycles. The van der Waals surface area contributed by atoms with Gasteiger partial charge in [-0.1, -0.05) is 18.7 Å². The van der Waals surface area contributed by atoms with Crippen molar-refractivity contribution in [3.05, 3.63) is 36.9 Å². The van der Waals surface area contributed by atoms with Crippen molar-refractivity contribution < 1.29 is 18.3 Å². The van der Waals surface area contributed by atoms with E-state index < -0.39 is 12.5 Å². The third kappa shape index (κ3) is 3.38. The van der Waals surface area contributed by atoms with Crippen LogP contribution in [0, 0.1) is 0 Å². The first-order chi connectivity index (χ1) is 7.13. The molecule has 0 unspecified atom stereocenters. The van der Waals surface area contributed by atoms with Crippen molar-refractivity contribution in [2.24, 2.45) is 0 Å². The second-order valence-electron chi connectivity index (χ2n) is 2.57. The van der Waals surface area contributed by atoms with Crippen molar-refractivity contribution in [2.45, 2.75) is 6.61 Å². The van der Waals surface area contributed by atoms with Crippen LogP contribution in [-0.4, -0.2) is 12.5 Å². The fourth-order valence-corrected chi connectivity index (χ4v) is 0.952. The molecule has 0 atom stereocenters. The van der Waals surface area contributed by atoms with Crippen LogP contribution < -0.4 is 10.1 Å². The van der Waals surface area contributed by atoms with Gasteiger partial charge in [0.25, 0.3) is 0 Å². The smallest absolute Gasteiger partial charge is 0.387 e. The zero-order valence-electron chi connectivity index (χ0n) is 7.74. The molecule has 0 aliphatic carbocycles. The van der Waals surface area contributed by atoms with E-state index in [1.807, 2.05) is 0 Å². The number of halogens is 2. The van der Waals surface area contributed by atoms with Gasteiger partial charge in [-0.15, -0.1) is 0 Å². The topological polar surface area (TPSA) is 38.3 Å². The Hall–Kier alpha value is -1.91. The molecule has 0 spiro atoms. The molecule has 5 heteroatoms. The van der Waals surface area contributed by atoms with Crippen molar-refractivity contribution in [2.75, 3.05) is 5.32 Å². The van der Waals surface area contributed by atoms with E-state index in [9.17, 15) is 13.6 Å². The molecule has 1 aromatic rings. The number of nitrogens with one attached hydrogen (secondary N) is 1. The van der Waals surface area contributed by atoms with Crippen LogP contribution >= 0.6 is 0 Å². The van der Waals surface area contributed by atoms with Crippen LogP contribution in [0.3, 0.4) is 0 Å². The van der Waals surface area contributed by atoms with Crippen LogP contribution in [0.25, 0.3) is 0 Å². The number of alkyl halides is 2. The molecule has 1 N–H and O–H groups in total. The van der Waals surface area contributed by atoms with E-state index in [-0.39, 0.29) is 11.4 Å². The summed E-state index contributed by atoms with van der Waals surface area (Å²) in [4.78, 5) is 10.9. The SMILES string of the molecule is C=CC(=O)Nc1ccccc1OC(F)F. The monoisotopic (exact) mass is 213 g/mol. The lowest BCUT2D eigenvalue weighted by Crippen LogP contribution is -2.10. The van der Waals surface area contributed by atoms with E-state index in [0.717, 1.165) is 6.08 Å². The molecule has 0 aliphatic rings. The molecule has 0 bridgehead atoms.